The Morgan fingerprint density at radius 2 is 1.39 bits per heavy atom. The molecule has 0 aromatic rings. The third-order valence-corrected chi connectivity index (χ3v) is 5.82. The van der Waals surface area contributed by atoms with Gasteiger partial charge >= 0.3 is 29.8 Å². The highest BCUT2D eigenvalue weighted by atomic mass is 16.7. The first-order valence-electron chi connectivity index (χ1n) is 13.4. The van der Waals surface area contributed by atoms with Crippen molar-refractivity contribution in [2.45, 2.75) is 103 Å². The Balaban J connectivity index is 2.68. The van der Waals surface area contributed by atoms with Crippen molar-refractivity contribution in [2.24, 2.45) is 5.73 Å². The van der Waals surface area contributed by atoms with Crippen molar-refractivity contribution >= 4 is 35.8 Å². The molecule has 0 bridgehead atoms. The molecule has 41 heavy (non-hydrogen) atoms. The van der Waals surface area contributed by atoms with Crippen molar-refractivity contribution in [3.63, 3.8) is 0 Å². The van der Waals surface area contributed by atoms with Gasteiger partial charge in [-0.05, 0) is 19.3 Å². The number of carbonyl (C=O) groups is 6. The van der Waals surface area contributed by atoms with Gasteiger partial charge < -0.3 is 44.2 Å². The Morgan fingerprint density at radius 1 is 0.805 bits per heavy atom. The summed E-state index contributed by atoms with van der Waals surface area (Å²) >= 11 is 0. The van der Waals surface area contributed by atoms with E-state index in [0.717, 1.165) is 33.6 Å². The summed E-state index contributed by atoms with van der Waals surface area (Å²) in [5, 5.41) is 2.72. The quantitative estimate of drug-likeness (QED) is 0.130. The number of ether oxygens (including phenoxy) is 7. The largest absolute Gasteiger partial charge is 0.469 e. The molecule has 3 N–H and O–H groups in total. The van der Waals surface area contributed by atoms with Gasteiger partial charge in [0, 0.05) is 47.3 Å². The molecule has 1 fully saturated rings. The maximum Gasteiger partial charge on any atom is 0.305 e. The average molecular weight is 591 g/mol. The van der Waals surface area contributed by atoms with Crippen LogP contribution >= 0.6 is 0 Å². The van der Waals surface area contributed by atoms with Crippen molar-refractivity contribution in [3.05, 3.63) is 0 Å². The minimum atomic E-state index is -1.29. The number of methoxy groups -OCH3 is 1. The van der Waals surface area contributed by atoms with E-state index in [1.54, 1.807) is 0 Å². The summed E-state index contributed by atoms with van der Waals surface area (Å²) in [6.45, 7) is 4.86. The molecular formula is C26H42N2O13. The number of hydrogen-bond donors (Lipinski definition) is 2. The summed E-state index contributed by atoms with van der Waals surface area (Å²) in [5.41, 5.74) is 5.77. The van der Waals surface area contributed by atoms with Crippen LogP contribution in [0.15, 0.2) is 0 Å². The number of hydrogen-bond acceptors (Lipinski definition) is 14. The number of esters is 5. The van der Waals surface area contributed by atoms with Crippen molar-refractivity contribution in [3.8, 4) is 0 Å². The molecule has 0 saturated carbocycles. The summed E-state index contributed by atoms with van der Waals surface area (Å²) in [7, 11) is 1.27. The molecule has 1 saturated heterocycles. The van der Waals surface area contributed by atoms with E-state index < -0.39 is 66.6 Å². The van der Waals surface area contributed by atoms with E-state index in [1.807, 2.05) is 0 Å². The Hall–Kier alpha value is -3.30. The van der Waals surface area contributed by atoms with Gasteiger partial charge in [0.25, 0.3) is 0 Å². The van der Waals surface area contributed by atoms with Crippen molar-refractivity contribution in [1.82, 2.24) is 5.32 Å². The summed E-state index contributed by atoms with van der Waals surface area (Å²) in [6.07, 6.45) is -3.14. The number of nitrogens with one attached hydrogen (secondary N) is 1. The second-order valence-corrected chi connectivity index (χ2v) is 9.36. The molecule has 1 rings (SSSR count). The highest BCUT2D eigenvalue weighted by Crippen LogP contribution is 2.30. The molecule has 1 amide bonds. The molecular weight excluding hydrogens is 548 g/mol. The van der Waals surface area contributed by atoms with Gasteiger partial charge in [0.1, 0.15) is 12.7 Å². The molecule has 15 heteroatoms. The van der Waals surface area contributed by atoms with Gasteiger partial charge in [0.05, 0.1) is 13.2 Å². The standard InChI is InChI=1S/C26H42N2O13/c1-15(29)37-14-20-22(38-16(2)30)23(39-17(3)31)24(40-18(4)32)26(41-20)36-13-9-7-6-8-12-28-25(34)19(27)10-11-21(33)35-5/h19-20,22-24,26H,6-14,27H2,1-5H3,(H,28,34)/t19-,20+,22+,23-,24+,26+/m0/s1. The number of amides is 1. The van der Waals surface area contributed by atoms with Crippen molar-refractivity contribution in [1.29, 1.82) is 0 Å². The third kappa shape index (κ3) is 14.2. The van der Waals surface area contributed by atoms with Gasteiger partial charge in [0.15, 0.2) is 24.6 Å². The third-order valence-electron chi connectivity index (χ3n) is 5.82. The number of rotatable bonds is 17. The lowest BCUT2D eigenvalue weighted by atomic mass is 9.98. The fourth-order valence-corrected chi connectivity index (χ4v) is 3.95. The molecule has 1 aliphatic rings. The SMILES string of the molecule is COC(=O)CC[C@H](N)C(=O)NCCCCCCO[C@@H]1O[C@H](COC(C)=O)[C@@H](OC(C)=O)[C@H](OC(C)=O)[C@H]1OC(C)=O. The van der Waals surface area contributed by atoms with Crippen LogP contribution < -0.4 is 11.1 Å². The molecule has 0 radical (unpaired) electrons. The van der Waals surface area contributed by atoms with E-state index in [0.29, 0.717) is 19.4 Å². The van der Waals surface area contributed by atoms with Crippen LogP contribution in [0.2, 0.25) is 0 Å². The van der Waals surface area contributed by atoms with Crippen LogP contribution in [-0.4, -0.2) is 99.4 Å². The summed E-state index contributed by atoms with van der Waals surface area (Å²) in [6, 6.07) is -0.802. The average Bonchev–Trinajstić information content (AvgIpc) is 2.89. The highest BCUT2D eigenvalue weighted by Gasteiger charge is 2.52. The van der Waals surface area contributed by atoms with E-state index in [1.165, 1.54) is 14.0 Å². The molecule has 0 aromatic heterocycles. The van der Waals surface area contributed by atoms with Crippen LogP contribution in [0.4, 0.5) is 0 Å². The summed E-state index contributed by atoms with van der Waals surface area (Å²) < 4.78 is 37.3. The van der Waals surface area contributed by atoms with Crippen LogP contribution in [0, 0.1) is 0 Å². The number of carbonyl (C=O) groups excluding carboxylic acids is 6. The zero-order valence-electron chi connectivity index (χ0n) is 24.2. The van der Waals surface area contributed by atoms with Crippen molar-refractivity contribution in [2.75, 3.05) is 26.9 Å². The Labute approximate surface area is 239 Å². The lowest BCUT2D eigenvalue weighted by Gasteiger charge is -2.44. The normalized spacial score (nSPS) is 22.5. The second kappa shape index (κ2) is 18.9. The van der Waals surface area contributed by atoms with Gasteiger partial charge in [-0.1, -0.05) is 12.8 Å². The van der Waals surface area contributed by atoms with Gasteiger partial charge in [-0.15, -0.1) is 0 Å². The minimum Gasteiger partial charge on any atom is -0.469 e. The monoisotopic (exact) mass is 590 g/mol. The lowest BCUT2D eigenvalue weighted by Crippen LogP contribution is -2.63. The molecule has 1 aliphatic heterocycles. The molecule has 6 atom stereocenters. The molecule has 1 heterocycles. The minimum absolute atomic E-state index is 0.0602. The highest BCUT2D eigenvalue weighted by molar-refractivity contribution is 5.82. The fraction of sp³-hybridized carbons (Fsp3) is 0.769. The Kier molecular flexibility index (Phi) is 16.5. The summed E-state index contributed by atoms with van der Waals surface area (Å²) in [5.74, 6) is -3.55. The van der Waals surface area contributed by atoms with Crippen LogP contribution in [0.5, 0.6) is 0 Å². The van der Waals surface area contributed by atoms with Crippen molar-refractivity contribution < 1.29 is 61.9 Å². The van der Waals surface area contributed by atoms with E-state index in [-0.39, 0.29) is 32.0 Å². The zero-order valence-corrected chi connectivity index (χ0v) is 24.2. The van der Waals surface area contributed by atoms with Gasteiger partial charge in [0.2, 0.25) is 5.91 Å². The second-order valence-electron chi connectivity index (χ2n) is 9.36. The molecule has 0 unspecified atom stereocenters. The van der Waals surface area contributed by atoms with Crippen LogP contribution in [0.25, 0.3) is 0 Å². The summed E-state index contributed by atoms with van der Waals surface area (Å²) in [4.78, 5) is 70.1. The van der Waals surface area contributed by atoms with Crippen LogP contribution in [0.1, 0.15) is 66.2 Å². The first-order chi connectivity index (χ1) is 19.3. The molecule has 0 aromatic carbocycles. The first-order valence-corrected chi connectivity index (χ1v) is 13.4. The fourth-order valence-electron chi connectivity index (χ4n) is 3.95. The lowest BCUT2D eigenvalue weighted by molar-refractivity contribution is -0.308. The maximum absolute atomic E-state index is 12.0. The number of nitrogens with two attached hydrogens (primary N) is 1. The van der Waals surface area contributed by atoms with E-state index in [2.05, 4.69) is 10.1 Å². The predicted molar refractivity (Wildman–Crippen MR) is 139 cm³/mol. The smallest absolute Gasteiger partial charge is 0.305 e. The van der Waals surface area contributed by atoms with Gasteiger partial charge in [-0.3, -0.25) is 28.8 Å². The number of unbranched alkanes of at least 4 members (excludes halogenated alkanes) is 3. The zero-order chi connectivity index (χ0) is 30.9. The van der Waals surface area contributed by atoms with E-state index in [9.17, 15) is 28.8 Å². The van der Waals surface area contributed by atoms with Crippen LogP contribution in [0.3, 0.4) is 0 Å². The van der Waals surface area contributed by atoms with E-state index in [4.69, 9.17) is 34.2 Å². The predicted octanol–water partition coefficient (Wildman–Crippen LogP) is 0.0432. The van der Waals surface area contributed by atoms with Crippen LogP contribution in [-0.2, 0) is 61.9 Å². The molecule has 0 aliphatic carbocycles. The van der Waals surface area contributed by atoms with Gasteiger partial charge in [-0.2, -0.15) is 0 Å². The Morgan fingerprint density at radius 3 is 1.98 bits per heavy atom. The maximum atomic E-state index is 12.0. The molecule has 0 spiro atoms. The first kappa shape index (κ1) is 35.7. The molecule has 15 nitrogen and oxygen atoms in total. The molecule has 234 valence electrons. The topological polar surface area (TPSA) is 205 Å². The van der Waals surface area contributed by atoms with Gasteiger partial charge in [-0.25, -0.2) is 0 Å². The Bertz CT molecular complexity index is 897. The van der Waals surface area contributed by atoms with E-state index >= 15 is 0 Å².